The fraction of sp³-hybridized carbons (Fsp3) is 0.625. The molecule has 2 nitrogen and oxygen atoms in total. The van der Waals surface area contributed by atoms with E-state index in [9.17, 15) is 17.6 Å². The number of hydrogen-bond donors (Lipinski definition) is 1. The lowest BCUT2D eigenvalue weighted by atomic mass is 9.78. The van der Waals surface area contributed by atoms with E-state index >= 15 is 0 Å². The zero-order chi connectivity index (χ0) is 15.8. The summed E-state index contributed by atoms with van der Waals surface area (Å²) in [7, 11) is 0. The zero-order valence-electron chi connectivity index (χ0n) is 12.8. The van der Waals surface area contributed by atoms with Crippen molar-refractivity contribution in [3.05, 3.63) is 35.1 Å². The van der Waals surface area contributed by atoms with Gasteiger partial charge in [0.05, 0.1) is 5.56 Å². The fourth-order valence-electron chi connectivity index (χ4n) is 3.72. The highest BCUT2D eigenvalue weighted by atomic mass is 35.5. The summed E-state index contributed by atoms with van der Waals surface area (Å²) in [4.78, 5) is 2.08. The van der Waals surface area contributed by atoms with Gasteiger partial charge in [0.25, 0.3) is 0 Å². The molecule has 1 aromatic carbocycles. The number of nitrogens with zero attached hydrogens (tertiary/aromatic N) is 1. The molecule has 0 aromatic heterocycles. The van der Waals surface area contributed by atoms with Crippen molar-refractivity contribution < 1.29 is 17.6 Å². The molecule has 0 atom stereocenters. The van der Waals surface area contributed by atoms with Crippen LogP contribution in [0.15, 0.2) is 18.2 Å². The Labute approximate surface area is 139 Å². The molecular formula is C16H21ClF4N2. The number of rotatable bonds is 2. The molecule has 0 aliphatic carbocycles. The van der Waals surface area contributed by atoms with Gasteiger partial charge in [0.15, 0.2) is 0 Å². The van der Waals surface area contributed by atoms with Gasteiger partial charge >= 0.3 is 6.18 Å². The Bertz CT molecular complexity index is 541. The lowest BCUT2D eigenvalue weighted by Crippen LogP contribution is -2.38. The van der Waals surface area contributed by atoms with Crippen LogP contribution in [0.4, 0.5) is 17.6 Å². The summed E-state index contributed by atoms with van der Waals surface area (Å²) in [5, 5.41) is 3.33. The Balaban J connectivity index is 0.00000192. The lowest BCUT2D eigenvalue weighted by molar-refractivity contribution is -0.138. The maximum absolute atomic E-state index is 13.2. The third-order valence-electron chi connectivity index (χ3n) is 4.95. The maximum Gasteiger partial charge on any atom is 0.416 e. The first kappa shape index (κ1) is 18.5. The smallest absolute Gasteiger partial charge is 0.317 e. The van der Waals surface area contributed by atoms with E-state index in [2.05, 4.69) is 10.2 Å². The monoisotopic (exact) mass is 352 g/mol. The van der Waals surface area contributed by atoms with E-state index in [1.807, 2.05) is 0 Å². The summed E-state index contributed by atoms with van der Waals surface area (Å²) >= 11 is 0. The van der Waals surface area contributed by atoms with E-state index in [0.717, 1.165) is 51.5 Å². The second kappa shape index (κ2) is 6.95. The normalized spacial score (nSPS) is 21.4. The number of hydrogen-bond acceptors (Lipinski definition) is 2. The van der Waals surface area contributed by atoms with Crippen LogP contribution in [0.1, 0.15) is 30.4 Å². The largest absolute Gasteiger partial charge is 0.416 e. The average molecular weight is 353 g/mol. The third kappa shape index (κ3) is 4.17. The molecule has 2 heterocycles. The van der Waals surface area contributed by atoms with E-state index in [0.29, 0.717) is 6.07 Å². The van der Waals surface area contributed by atoms with Crippen LogP contribution >= 0.6 is 12.4 Å². The van der Waals surface area contributed by atoms with Crippen molar-refractivity contribution in [3.63, 3.8) is 0 Å². The molecule has 2 aliphatic heterocycles. The first-order valence-corrected chi connectivity index (χ1v) is 7.67. The number of alkyl halides is 3. The van der Waals surface area contributed by atoms with E-state index in [4.69, 9.17) is 0 Å². The Morgan fingerprint density at radius 2 is 1.83 bits per heavy atom. The lowest BCUT2D eigenvalue weighted by Gasteiger charge is -2.34. The van der Waals surface area contributed by atoms with Crippen molar-refractivity contribution in [2.24, 2.45) is 5.41 Å². The van der Waals surface area contributed by atoms with Crippen molar-refractivity contribution in [1.29, 1.82) is 0 Å². The summed E-state index contributed by atoms with van der Waals surface area (Å²) in [6.07, 6.45) is -1.31. The van der Waals surface area contributed by atoms with Gasteiger partial charge in [-0.1, -0.05) is 6.07 Å². The molecule has 7 heteroatoms. The molecule has 0 unspecified atom stereocenters. The Morgan fingerprint density at radius 3 is 2.48 bits per heavy atom. The van der Waals surface area contributed by atoms with E-state index < -0.39 is 17.6 Å². The van der Waals surface area contributed by atoms with Crippen molar-refractivity contribution in [3.8, 4) is 0 Å². The van der Waals surface area contributed by atoms with Gasteiger partial charge in [0.2, 0.25) is 0 Å². The molecule has 0 radical (unpaired) electrons. The highest BCUT2D eigenvalue weighted by molar-refractivity contribution is 5.85. The third-order valence-corrected chi connectivity index (χ3v) is 4.95. The second-order valence-corrected chi connectivity index (χ2v) is 6.51. The number of piperidine rings is 1. The first-order valence-electron chi connectivity index (χ1n) is 7.67. The van der Waals surface area contributed by atoms with E-state index in [1.54, 1.807) is 0 Å². The SMILES string of the molecule is Cl.Fc1ccc(CN2CCC3(CCNCC3)C2)c(C(F)(F)F)c1. The molecule has 0 bridgehead atoms. The second-order valence-electron chi connectivity index (χ2n) is 6.51. The Hall–Kier alpha value is -0.850. The van der Waals surface area contributed by atoms with Gasteiger partial charge in [0, 0.05) is 13.1 Å². The summed E-state index contributed by atoms with van der Waals surface area (Å²) in [6, 6.07) is 2.98. The minimum absolute atomic E-state index is 0. The van der Waals surface area contributed by atoms with Gasteiger partial charge in [-0.25, -0.2) is 4.39 Å². The van der Waals surface area contributed by atoms with Crippen molar-refractivity contribution in [1.82, 2.24) is 10.2 Å². The topological polar surface area (TPSA) is 15.3 Å². The van der Waals surface area contributed by atoms with Gasteiger partial charge in [-0.05, 0) is 62.0 Å². The molecule has 2 saturated heterocycles. The van der Waals surface area contributed by atoms with Gasteiger partial charge in [0.1, 0.15) is 5.82 Å². The van der Waals surface area contributed by atoms with Gasteiger partial charge in [-0.3, -0.25) is 4.90 Å². The molecule has 0 saturated carbocycles. The van der Waals surface area contributed by atoms with E-state index in [-0.39, 0.29) is 29.9 Å². The summed E-state index contributed by atoms with van der Waals surface area (Å²) in [5.41, 5.74) is -0.428. The molecule has 2 aliphatic rings. The maximum atomic E-state index is 13.2. The van der Waals surface area contributed by atoms with Crippen LogP contribution < -0.4 is 5.32 Å². The molecule has 1 spiro atoms. The molecule has 3 rings (SSSR count). The van der Waals surface area contributed by atoms with Crippen LogP contribution in [0, 0.1) is 11.2 Å². The Kier molecular flexibility index (Phi) is 5.59. The van der Waals surface area contributed by atoms with Crippen molar-refractivity contribution in [2.75, 3.05) is 26.2 Å². The number of benzene rings is 1. The van der Waals surface area contributed by atoms with Crippen LogP contribution in [-0.2, 0) is 12.7 Å². The number of halogens is 5. The zero-order valence-corrected chi connectivity index (χ0v) is 13.6. The summed E-state index contributed by atoms with van der Waals surface area (Å²) in [6.45, 7) is 3.86. The Morgan fingerprint density at radius 1 is 1.13 bits per heavy atom. The molecule has 1 N–H and O–H groups in total. The van der Waals surface area contributed by atoms with Crippen LogP contribution in [-0.4, -0.2) is 31.1 Å². The van der Waals surface area contributed by atoms with Gasteiger partial charge in [-0.2, -0.15) is 13.2 Å². The van der Waals surface area contributed by atoms with Gasteiger partial charge in [-0.15, -0.1) is 12.4 Å². The highest BCUT2D eigenvalue weighted by Crippen LogP contribution is 2.40. The standard InChI is InChI=1S/C16H20F4N2.ClH/c17-13-2-1-12(14(9-13)16(18,19)20)10-22-8-5-15(11-22)3-6-21-7-4-15;/h1-2,9,21H,3-8,10-11H2;1H. The highest BCUT2D eigenvalue weighted by Gasteiger charge is 2.40. The molecule has 130 valence electrons. The average Bonchev–Trinajstić information content (AvgIpc) is 2.83. The van der Waals surface area contributed by atoms with Crippen LogP contribution in [0.25, 0.3) is 0 Å². The van der Waals surface area contributed by atoms with Gasteiger partial charge < -0.3 is 5.32 Å². The molecule has 1 aromatic rings. The minimum Gasteiger partial charge on any atom is -0.317 e. The fourth-order valence-corrected chi connectivity index (χ4v) is 3.72. The quantitative estimate of drug-likeness (QED) is 0.813. The minimum atomic E-state index is -4.51. The van der Waals surface area contributed by atoms with Crippen LogP contribution in [0.2, 0.25) is 0 Å². The number of nitrogens with one attached hydrogen (secondary N) is 1. The molecule has 23 heavy (non-hydrogen) atoms. The first-order chi connectivity index (χ1) is 10.4. The summed E-state index contributed by atoms with van der Waals surface area (Å²) < 4.78 is 52.3. The van der Waals surface area contributed by atoms with Crippen LogP contribution in [0.5, 0.6) is 0 Å². The molecule has 0 amide bonds. The van der Waals surface area contributed by atoms with Crippen LogP contribution in [0.3, 0.4) is 0 Å². The van der Waals surface area contributed by atoms with E-state index in [1.165, 1.54) is 6.07 Å². The number of likely N-dealkylation sites (tertiary alicyclic amines) is 1. The predicted octanol–water partition coefficient (Wildman–Crippen LogP) is 3.84. The molecule has 2 fully saturated rings. The molecular weight excluding hydrogens is 332 g/mol. The predicted molar refractivity (Wildman–Crippen MR) is 83.1 cm³/mol. The summed E-state index contributed by atoms with van der Waals surface area (Å²) in [5.74, 6) is -0.840. The van der Waals surface area contributed by atoms with Crippen molar-refractivity contribution in [2.45, 2.75) is 32.0 Å². The van der Waals surface area contributed by atoms with Crippen molar-refractivity contribution >= 4 is 12.4 Å².